The van der Waals surface area contributed by atoms with Crippen LogP contribution in [0.3, 0.4) is 0 Å². The zero-order chi connectivity index (χ0) is 14.8. The van der Waals surface area contributed by atoms with Crippen molar-refractivity contribution < 1.29 is 0 Å². The lowest BCUT2D eigenvalue weighted by molar-refractivity contribution is 0.466. The lowest BCUT2D eigenvalue weighted by Gasteiger charge is -2.21. The molecule has 0 aliphatic carbocycles. The van der Waals surface area contributed by atoms with E-state index in [4.69, 9.17) is 17.3 Å². The topological polar surface area (TPSA) is 43.8 Å². The Morgan fingerprint density at radius 2 is 1.86 bits per heavy atom. The lowest BCUT2D eigenvalue weighted by Crippen LogP contribution is -2.23. The number of fused-ring (bicyclic) bond motifs is 1. The van der Waals surface area contributed by atoms with Gasteiger partial charge in [0.2, 0.25) is 0 Å². The standard InChI is InChI=1S/C17H18ClN3/c1-12(19)10-17(13-6-8-15(18)9-7-13)21-16-5-3-2-4-14(16)11-20-21/h2-9,11-12,17H,10,19H2,1H3. The second-order valence-corrected chi connectivity index (χ2v) is 5.86. The highest BCUT2D eigenvalue weighted by atomic mass is 35.5. The monoisotopic (exact) mass is 299 g/mol. The van der Waals surface area contributed by atoms with Crippen LogP contribution in [0, 0.1) is 0 Å². The summed E-state index contributed by atoms with van der Waals surface area (Å²) in [6, 6.07) is 16.3. The van der Waals surface area contributed by atoms with Crippen molar-refractivity contribution in [2.75, 3.05) is 0 Å². The summed E-state index contributed by atoms with van der Waals surface area (Å²) in [5.41, 5.74) is 8.34. The minimum atomic E-state index is 0.0913. The van der Waals surface area contributed by atoms with Gasteiger partial charge in [0.1, 0.15) is 0 Å². The van der Waals surface area contributed by atoms with E-state index in [1.807, 2.05) is 49.5 Å². The molecule has 3 nitrogen and oxygen atoms in total. The van der Waals surface area contributed by atoms with E-state index in [-0.39, 0.29) is 12.1 Å². The van der Waals surface area contributed by atoms with Crippen LogP contribution in [0.1, 0.15) is 24.9 Å². The molecular weight excluding hydrogens is 282 g/mol. The van der Waals surface area contributed by atoms with E-state index in [1.54, 1.807) is 0 Å². The molecule has 4 heteroatoms. The Hall–Kier alpha value is -1.84. The molecule has 2 atom stereocenters. The molecule has 1 heterocycles. The van der Waals surface area contributed by atoms with Crippen LogP contribution in [0.5, 0.6) is 0 Å². The van der Waals surface area contributed by atoms with E-state index in [0.717, 1.165) is 22.3 Å². The smallest absolute Gasteiger partial charge is 0.0790 e. The van der Waals surface area contributed by atoms with Crippen molar-refractivity contribution in [1.29, 1.82) is 0 Å². The Labute approximate surface area is 129 Å². The van der Waals surface area contributed by atoms with Crippen LogP contribution in [0.4, 0.5) is 0 Å². The van der Waals surface area contributed by atoms with E-state index in [9.17, 15) is 0 Å². The second kappa shape index (κ2) is 5.88. The number of nitrogens with two attached hydrogens (primary N) is 1. The number of aromatic nitrogens is 2. The third kappa shape index (κ3) is 2.94. The summed E-state index contributed by atoms with van der Waals surface area (Å²) in [6.07, 6.45) is 2.73. The minimum absolute atomic E-state index is 0.0913. The quantitative estimate of drug-likeness (QED) is 0.791. The third-order valence-electron chi connectivity index (χ3n) is 3.65. The number of nitrogens with zero attached hydrogens (tertiary/aromatic N) is 2. The van der Waals surface area contributed by atoms with Crippen molar-refractivity contribution in [3.8, 4) is 0 Å². The summed E-state index contributed by atoms with van der Waals surface area (Å²) in [5, 5.41) is 6.46. The highest BCUT2D eigenvalue weighted by Crippen LogP contribution is 2.27. The molecule has 2 N–H and O–H groups in total. The average molecular weight is 300 g/mol. The van der Waals surface area contributed by atoms with Gasteiger partial charge in [-0.25, -0.2) is 0 Å². The molecule has 0 aliphatic heterocycles. The van der Waals surface area contributed by atoms with E-state index >= 15 is 0 Å². The van der Waals surface area contributed by atoms with Crippen LogP contribution in [-0.4, -0.2) is 15.8 Å². The minimum Gasteiger partial charge on any atom is -0.328 e. The SMILES string of the molecule is CC(N)CC(c1ccc(Cl)cc1)n1ncc2ccccc21. The molecule has 3 rings (SSSR count). The van der Waals surface area contributed by atoms with Crippen LogP contribution >= 0.6 is 11.6 Å². The van der Waals surface area contributed by atoms with E-state index < -0.39 is 0 Å². The number of hydrogen-bond donors (Lipinski definition) is 1. The van der Waals surface area contributed by atoms with Crippen molar-refractivity contribution in [1.82, 2.24) is 9.78 Å². The molecule has 0 saturated carbocycles. The Bertz CT molecular complexity index is 731. The molecule has 0 aliphatic rings. The maximum atomic E-state index is 6.04. The van der Waals surface area contributed by atoms with Crippen LogP contribution in [0.15, 0.2) is 54.7 Å². The van der Waals surface area contributed by atoms with Crippen LogP contribution < -0.4 is 5.73 Å². The van der Waals surface area contributed by atoms with Gasteiger partial charge in [0.05, 0.1) is 17.8 Å². The van der Waals surface area contributed by atoms with Gasteiger partial charge in [-0.05, 0) is 37.1 Å². The third-order valence-corrected chi connectivity index (χ3v) is 3.90. The maximum absolute atomic E-state index is 6.04. The Morgan fingerprint density at radius 1 is 1.14 bits per heavy atom. The van der Waals surface area contributed by atoms with Gasteiger partial charge in [0.15, 0.2) is 0 Å². The largest absolute Gasteiger partial charge is 0.328 e. The Kier molecular flexibility index (Phi) is 3.95. The molecule has 21 heavy (non-hydrogen) atoms. The zero-order valence-corrected chi connectivity index (χ0v) is 12.7. The molecule has 2 unspecified atom stereocenters. The first kappa shape index (κ1) is 14.1. The van der Waals surface area contributed by atoms with Gasteiger partial charge in [-0.15, -0.1) is 0 Å². The summed E-state index contributed by atoms with van der Waals surface area (Å²) in [6.45, 7) is 2.02. The fourth-order valence-electron chi connectivity index (χ4n) is 2.65. The van der Waals surface area contributed by atoms with Gasteiger partial charge in [-0.1, -0.05) is 41.9 Å². The van der Waals surface area contributed by atoms with Crippen molar-refractivity contribution in [3.63, 3.8) is 0 Å². The van der Waals surface area contributed by atoms with Gasteiger partial charge in [0.25, 0.3) is 0 Å². The fourth-order valence-corrected chi connectivity index (χ4v) is 2.78. The predicted molar refractivity (Wildman–Crippen MR) is 87.6 cm³/mol. The van der Waals surface area contributed by atoms with E-state index in [2.05, 4.69) is 21.9 Å². The second-order valence-electron chi connectivity index (χ2n) is 5.43. The Morgan fingerprint density at radius 3 is 2.57 bits per heavy atom. The molecule has 0 saturated heterocycles. The van der Waals surface area contributed by atoms with Crippen LogP contribution in [-0.2, 0) is 0 Å². The fraction of sp³-hybridized carbons (Fsp3) is 0.235. The zero-order valence-electron chi connectivity index (χ0n) is 11.9. The summed E-state index contributed by atoms with van der Waals surface area (Å²) in [7, 11) is 0. The molecular formula is C17H18ClN3. The number of hydrogen-bond acceptors (Lipinski definition) is 2. The first-order valence-electron chi connectivity index (χ1n) is 7.08. The van der Waals surface area contributed by atoms with Gasteiger partial charge >= 0.3 is 0 Å². The molecule has 0 spiro atoms. The van der Waals surface area contributed by atoms with Crippen molar-refractivity contribution in [2.45, 2.75) is 25.4 Å². The van der Waals surface area contributed by atoms with E-state index in [1.165, 1.54) is 5.56 Å². The molecule has 1 aromatic heterocycles. The molecule has 0 radical (unpaired) electrons. The van der Waals surface area contributed by atoms with Gasteiger partial charge in [-0.3, -0.25) is 4.68 Å². The van der Waals surface area contributed by atoms with Gasteiger partial charge < -0.3 is 5.73 Å². The number of benzene rings is 2. The van der Waals surface area contributed by atoms with Crippen molar-refractivity contribution in [2.24, 2.45) is 5.73 Å². The van der Waals surface area contributed by atoms with E-state index in [0.29, 0.717) is 0 Å². The van der Waals surface area contributed by atoms with Crippen LogP contribution in [0.2, 0.25) is 5.02 Å². The van der Waals surface area contributed by atoms with Crippen LogP contribution in [0.25, 0.3) is 10.9 Å². The maximum Gasteiger partial charge on any atom is 0.0790 e. The summed E-state index contributed by atoms with van der Waals surface area (Å²) in [4.78, 5) is 0. The lowest BCUT2D eigenvalue weighted by atomic mass is 10.0. The first-order valence-corrected chi connectivity index (χ1v) is 7.46. The normalized spacial score (nSPS) is 14.2. The number of halogens is 1. The van der Waals surface area contributed by atoms with Crippen molar-refractivity contribution >= 4 is 22.5 Å². The first-order chi connectivity index (χ1) is 10.1. The molecule has 2 aromatic carbocycles. The molecule has 3 aromatic rings. The van der Waals surface area contributed by atoms with Gasteiger partial charge in [0, 0.05) is 16.5 Å². The summed E-state index contributed by atoms with van der Waals surface area (Å²) >= 11 is 5.99. The number of rotatable bonds is 4. The molecule has 108 valence electrons. The summed E-state index contributed by atoms with van der Waals surface area (Å²) in [5.74, 6) is 0. The van der Waals surface area contributed by atoms with Crippen molar-refractivity contribution in [3.05, 3.63) is 65.3 Å². The molecule has 0 amide bonds. The number of para-hydroxylation sites is 1. The van der Waals surface area contributed by atoms with Gasteiger partial charge in [-0.2, -0.15) is 5.10 Å². The predicted octanol–water partition coefficient (Wildman–Crippen LogP) is 4.02. The highest BCUT2D eigenvalue weighted by Gasteiger charge is 2.18. The highest BCUT2D eigenvalue weighted by molar-refractivity contribution is 6.30. The Balaban J connectivity index is 2.08. The molecule has 0 fully saturated rings. The average Bonchev–Trinajstić information content (AvgIpc) is 2.89. The summed E-state index contributed by atoms with van der Waals surface area (Å²) < 4.78 is 2.06. The molecule has 0 bridgehead atoms.